The van der Waals surface area contributed by atoms with Gasteiger partial charge in [-0.15, -0.1) is 0 Å². The Labute approximate surface area is 199 Å². The van der Waals surface area contributed by atoms with Gasteiger partial charge in [-0.1, -0.05) is 30.3 Å². The van der Waals surface area contributed by atoms with Crippen LogP contribution in [0.2, 0.25) is 0 Å². The van der Waals surface area contributed by atoms with E-state index < -0.39 is 58.9 Å². The molecule has 1 aromatic rings. The van der Waals surface area contributed by atoms with Crippen LogP contribution in [0.15, 0.2) is 35.3 Å². The standard InChI is InChI=1S/C21H33N5O7S/c1-15(22)23-10-6-9-17(13-27)24-19(28)12-26(2)21(31)18(11-20(29)30)25-34(32,33)14-16-7-4-3-5-8-16/h3-5,7-8,13,17-18,20,25,29-30H,6,9-12,14H2,1-2H3,(H2,22,23)(H,24,28). The molecule has 0 aliphatic heterocycles. The fourth-order valence-electron chi connectivity index (χ4n) is 3.01. The number of nitrogens with zero attached hydrogens (tertiary/aromatic N) is 2. The van der Waals surface area contributed by atoms with Gasteiger partial charge in [0.15, 0.2) is 6.29 Å². The highest BCUT2D eigenvalue weighted by Gasteiger charge is 2.30. The van der Waals surface area contributed by atoms with E-state index in [1.54, 1.807) is 37.3 Å². The second kappa shape index (κ2) is 14.4. The van der Waals surface area contributed by atoms with E-state index in [4.69, 9.17) is 5.73 Å². The molecule has 0 saturated carbocycles. The third-order valence-electron chi connectivity index (χ3n) is 4.57. The highest BCUT2D eigenvalue weighted by Crippen LogP contribution is 2.09. The molecule has 0 radical (unpaired) electrons. The van der Waals surface area contributed by atoms with Gasteiger partial charge in [-0.2, -0.15) is 0 Å². The maximum atomic E-state index is 12.8. The Morgan fingerprint density at radius 3 is 2.44 bits per heavy atom. The summed E-state index contributed by atoms with van der Waals surface area (Å²) in [5, 5.41) is 21.1. The highest BCUT2D eigenvalue weighted by molar-refractivity contribution is 7.88. The smallest absolute Gasteiger partial charge is 0.241 e. The SMILES string of the molecule is CC(N)=NCCCC(C=O)NC(=O)CN(C)C(=O)C(CC(O)O)NS(=O)(=O)Cc1ccccc1. The van der Waals surface area contributed by atoms with E-state index in [-0.39, 0.29) is 0 Å². The minimum absolute atomic E-state index is 0.322. The summed E-state index contributed by atoms with van der Waals surface area (Å²) in [5.74, 6) is -1.48. The highest BCUT2D eigenvalue weighted by atomic mass is 32.2. The summed E-state index contributed by atoms with van der Waals surface area (Å²) in [6.07, 6.45) is -1.18. The molecule has 12 nitrogen and oxygen atoms in total. The van der Waals surface area contributed by atoms with E-state index in [9.17, 15) is 33.0 Å². The Bertz CT molecular complexity index is 934. The van der Waals surface area contributed by atoms with E-state index in [0.29, 0.717) is 37.1 Å². The molecule has 2 unspecified atom stereocenters. The molecule has 0 heterocycles. The number of rotatable bonds is 15. The van der Waals surface area contributed by atoms with Crippen molar-refractivity contribution in [3.63, 3.8) is 0 Å². The third kappa shape index (κ3) is 11.8. The van der Waals surface area contributed by atoms with Crippen molar-refractivity contribution in [1.82, 2.24) is 14.9 Å². The lowest BCUT2D eigenvalue weighted by atomic mass is 10.1. The zero-order chi connectivity index (χ0) is 25.7. The molecule has 0 aliphatic carbocycles. The first-order valence-electron chi connectivity index (χ1n) is 10.6. The number of benzene rings is 1. The number of sulfonamides is 1. The van der Waals surface area contributed by atoms with Crippen molar-refractivity contribution in [3.8, 4) is 0 Å². The van der Waals surface area contributed by atoms with Crippen molar-refractivity contribution >= 4 is 34.0 Å². The normalized spacial score (nSPS) is 13.9. The van der Waals surface area contributed by atoms with Gasteiger partial charge in [-0.3, -0.25) is 14.6 Å². The number of nitrogens with one attached hydrogen (secondary N) is 2. The number of hydrogen-bond donors (Lipinski definition) is 5. The predicted octanol–water partition coefficient (Wildman–Crippen LogP) is -1.53. The summed E-state index contributed by atoms with van der Waals surface area (Å²) >= 11 is 0. The van der Waals surface area contributed by atoms with E-state index in [1.807, 2.05) is 0 Å². The van der Waals surface area contributed by atoms with E-state index >= 15 is 0 Å². The van der Waals surface area contributed by atoms with Crippen LogP contribution in [0.25, 0.3) is 0 Å². The Morgan fingerprint density at radius 2 is 1.88 bits per heavy atom. The van der Waals surface area contributed by atoms with E-state index in [1.165, 1.54) is 7.05 Å². The fourth-order valence-corrected chi connectivity index (χ4v) is 4.36. The molecule has 0 fully saturated rings. The maximum Gasteiger partial charge on any atom is 0.241 e. The number of nitrogens with two attached hydrogens (primary N) is 1. The number of amides is 2. The molecule has 0 saturated heterocycles. The lowest BCUT2D eigenvalue weighted by Gasteiger charge is -2.25. The molecular formula is C21H33N5O7S. The van der Waals surface area contributed by atoms with Crippen LogP contribution >= 0.6 is 0 Å². The average molecular weight is 500 g/mol. The zero-order valence-electron chi connectivity index (χ0n) is 19.3. The van der Waals surface area contributed by atoms with Crippen molar-refractivity contribution in [2.24, 2.45) is 10.7 Å². The van der Waals surface area contributed by atoms with Crippen molar-refractivity contribution in [2.75, 3.05) is 20.1 Å². The van der Waals surface area contributed by atoms with Crippen LogP contribution < -0.4 is 15.8 Å². The number of carbonyl (C=O) groups is 3. The number of hydrogen-bond acceptors (Lipinski definition) is 8. The average Bonchev–Trinajstić information content (AvgIpc) is 2.74. The third-order valence-corrected chi connectivity index (χ3v) is 5.93. The topological polar surface area (TPSA) is 191 Å². The minimum atomic E-state index is -4.01. The molecule has 34 heavy (non-hydrogen) atoms. The Balaban J connectivity index is 2.73. The van der Waals surface area contributed by atoms with Crippen molar-refractivity contribution < 1.29 is 33.0 Å². The van der Waals surface area contributed by atoms with Gasteiger partial charge in [0.1, 0.15) is 12.3 Å². The Kier molecular flexibility index (Phi) is 12.4. The minimum Gasteiger partial charge on any atom is -0.388 e. The quantitative estimate of drug-likeness (QED) is 0.0631. The summed E-state index contributed by atoms with van der Waals surface area (Å²) in [6.45, 7) is 1.56. The van der Waals surface area contributed by atoms with Crippen molar-refractivity contribution in [2.45, 2.75) is 50.3 Å². The second-order valence-corrected chi connectivity index (χ2v) is 9.56. The lowest BCUT2D eigenvalue weighted by Crippen LogP contribution is -2.51. The summed E-state index contributed by atoms with van der Waals surface area (Å²) in [4.78, 5) is 41.2. The van der Waals surface area contributed by atoms with Crippen molar-refractivity contribution in [3.05, 3.63) is 35.9 Å². The second-order valence-electron chi connectivity index (χ2n) is 7.80. The number of likely N-dealkylation sites (N-methyl/N-ethyl adjacent to an activating group) is 1. The van der Waals surface area contributed by atoms with Gasteiger partial charge in [0, 0.05) is 20.0 Å². The summed E-state index contributed by atoms with van der Waals surface area (Å²) in [6, 6.07) is 5.95. The fraction of sp³-hybridized carbons (Fsp3) is 0.524. The molecule has 1 aromatic carbocycles. The van der Waals surface area contributed by atoms with Gasteiger partial charge in [-0.05, 0) is 25.3 Å². The first kappa shape index (κ1) is 29.2. The van der Waals surface area contributed by atoms with Crippen LogP contribution in [-0.4, -0.2) is 86.0 Å². The lowest BCUT2D eigenvalue weighted by molar-refractivity contribution is -0.138. The molecule has 1 rings (SSSR count). The van der Waals surface area contributed by atoms with Crippen LogP contribution in [0.5, 0.6) is 0 Å². The van der Waals surface area contributed by atoms with Gasteiger partial charge < -0.3 is 31.0 Å². The molecule has 190 valence electrons. The molecule has 2 atom stereocenters. The number of aldehydes is 1. The molecule has 0 spiro atoms. The van der Waals surface area contributed by atoms with Gasteiger partial charge in [0.25, 0.3) is 0 Å². The van der Waals surface area contributed by atoms with E-state index in [0.717, 1.165) is 4.90 Å². The van der Waals surface area contributed by atoms with Crippen LogP contribution in [-0.2, 0) is 30.2 Å². The molecular weight excluding hydrogens is 466 g/mol. The molecule has 0 aromatic heterocycles. The number of amidine groups is 1. The molecule has 0 bridgehead atoms. The first-order chi connectivity index (χ1) is 15.9. The monoisotopic (exact) mass is 499 g/mol. The van der Waals surface area contributed by atoms with E-state index in [2.05, 4.69) is 15.0 Å². The van der Waals surface area contributed by atoms with Crippen LogP contribution in [0.1, 0.15) is 31.7 Å². The number of carbonyl (C=O) groups excluding carboxylic acids is 3. The number of aliphatic hydroxyl groups excluding tert-OH is 1. The van der Waals surface area contributed by atoms with Crippen LogP contribution in [0, 0.1) is 0 Å². The summed E-state index contributed by atoms with van der Waals surface area (Å²) < 4.78 is 27.2. The van der Waals surface area contributed by atoms with Crippen LogP contribution in [0.3, 0.4) is 0 Å². The molecule has 0 aliphatic rings. The zero-order valence-corrected chi connectivity index (χ0v) is 20.1. The number of aliphatic imine (C=N–C) groups is 1. The summed E-state index contributed by atoms with van der Waals surface area (Å²) in [5.41, 5.74) is 5.91. The summed E-state index contributed by atoms with van der Waals surface area (Å²) in [7, 11) is -2.75. The molecule has 6 N–H and O–H groups in total. The van der Waals surface area contributed by atoms with Crippen molar-refractivity contribution in [1.29, 1.82) is 0 Å². The first-order valence-corrected chi connectivity index (χ1v) is 12.2. The van der Waals surface area contributed by atoms with Gasteiger partial charge in [-0.25, -0.2) is 13.1 Å². The van der Waals surface area contributed by atoms with Crippen LogP contribution in [0.4, 0.5) is 0 Å². The Morgan fingerprint density at radius 1 is 1.24 bits per heavy atom. The van der Waals surface area contributed by atoms with Gasteiger partial charge >= 0.3 is 0 Å². The number of aliphatic hydroxyl groups is 2. The Hall–Kier alpha value is -2.87. The van der Waals surface area contributed by atoms with Gasteiger partial charge in [0.2, 0.25) is 21.8 Å². The maximum absolute atomic E-state index is 12.8. The molecule has 13 heteroatoms. The largest absolute Gasteiger partial charge is 0.388 e. The van der Waals surface area contributed by atoms with Gasteiger partial charge in [0.05, 0.1) is 24.2 Å². The molecule has 2 amide bonds. The predicted molar refractivity (Wildman–Crippen MR) is 126 cm³/mol.